The maximum atomic E-state index is 11.1. The summed E-state index contributed by atoms with van der Waals surface area (Å²) in [5, 5.41) is 21.0. The zero-order valence-electron chi connectivity index (χ0n) is 47.6. The largest absolute Gasteiger partial charge is 0.467 e. The number of Topliss-reactive ketones (excluding diaryl/α,β-unsaturated/α-hetero) is 4. The molecule has 0 saturated carbocycles. The molecule has 2 atom stereocenters. The van der Waals surface area contributed by atoms with Gasteiger partial charge in [-0.15, -0.1) is 0 Å². The van der Waals surface area contributed by atoms with Gasteiger partial charge in [-0.2, -0.15) is 0 Å². The Kier molecular flexibility index (Phi) is 54.3. The summed E-state index contributed by atoms with van der Waals surface area (Å²) < 4.78 is 33.7. The lowest BCUT2D eigenvalue weighted by Gasteiger charge is -2.21. The van der Waals surface area contributed by atoms with Crippen LogP contribution >= 0.6 is 0 Å². The fraction of sp³-hybridized carbons (Fsp3) is 0.582. The second-order valence-electron chi connectivity index (χ2n) is 15.3. The van der Waals surface area contributed by atoms with Gasteiger partial charge in [-0.05, 0) is 74.7 Å². The number of carbonyl (C=O) groups is 9. The van der Waals surface area contributed by atoms with E-state index >= 15 is 0 Å². The number of likely N-dealkylation sites (N-methyl/N-ethyl adjacent to an activating group) is 1. The normalized spacial score (nSPS) is 10.6. The molecule has 0 aliphatic carbocycles. The second-order valence-corrected chi connectivity index (χ2v) is 15.3. The van der Waals surface area contributed by atoms with Gasteiger partial charge in [0, 0.05) is 73.3 Å². The zero-order chi connectivity index (χ0) is 58.7. The summed E-state index contributed by atoms with van der Waals surface area (Å²) in [6, 6.07) is 10.7. The van der Waals surface area contributed by atoms with Gasteiger partial charge >= 0.3 is 11.9 Å². The van der Waals surface area contributed by atoms with Gasteiger partial charge in [-0.3, -0.25) is 38.4 Å². The number of nitrogens with one attached hydrogen (secondary N) is 1. The summed E-state index contributed by atoms with van der Waals surface area (Å²) in [5.41, 5.74) is 0.534. The highest BCUT2D eigenvalue weighted by Gasteiger charge is 2.13. The van der Waals surface area contributed by atoms with Gasteiger partial charge in [0.25, 0.3) is 0 Å². The Morgan fingerprint density at radius 1 is 0.653 bits per heavy atom. The van der Waals surface area contributed by atoms with Crippen LogP contribution in [0.5, 0.6) is 0 Å². The number of amides is 2. The fourth-order valence-corrected chi connectivity index (χ4v) is 4.47. The van der Waals surface area contributed by atoms with E-state index in [4.69, 9.17) is 32.6 Å². The van der Waals surface area contributed by atoms with Crippen molar-refractivity contribution >= 4 is 52.7 Å². The number of nitrogens with zero attached hydrogens (tertiary/aromatic N) is 1. The molecule has 0 fully saturated rings. The first-order chi connectivity index (χ1) is 35.5. The van der Waals surface area contributed by atoms with Crippen LogP contribution in [-0.2, 0) is 68.7 Å². The Morgan fingerprint density at radius 3 is 1.45 bits per heavy atom. The molecular formula is C55H90N2O18. The van der Waals surface area contributed by atoms with Crippen LogP contribution in [0.2, 0.25) is 0 Å². The molecule has 3 heterocycles. The average Bonchev–Trinajstić information content (AvgIpc) is 4.29. The maximum Gasteiger partial charge on any atom is 0.374 e. The molecule has 0 aliphatic rings. The number of esters is 2. The van der Waals surface area contributed by atoms with E-state index in [9.17, 15) is 48.3 Å². The number of ketones is 5. The Balaban J connectivity index is -0.000000251. The van der Waals surface area contributed by atoms with E-state index < -0.39 is 24.0 Å². The molecule has 428 valence electrons. The summed E-state index contributed by atoms with van der Waals surface area (Å²) in [6.07, 6.45) is 11.4. The number of ether oxygens (including phenoxy) is 4. The van der Waals surface area contributed by atoms with Crippen LogP contribution in [0.3, 0.4) is 0 Å². The molecule has 3 N–H and O–H groups in total. The fourth-order valence-electron chi connectivity index (χ4n) is 4.47. The first-order valence-electron chi connectivity index (χ1n) is 25.0. The Hall–Kier alpha value is -6.35. The first-order valence-corrected chi connectivity index (χ1v) is 25.0. The van der Waals surface area contributed by atoms with E-state index in [2.05, 4.69) is 17.0 Å². The average molecular weight is 1070 g/mol. The number of hydrogen-bond donors (Lipinski definition) is 3. The molecule has 0 spiro atoms. The number of aliphatic hydroxyl groups is 2. The van der Waals surface area contributed by atoms with Crippen molar-refractivity contribution in [2.24, 2.45) is 0 Å². The lowest BCUT2D eigenvalue weighted by atomic mass is 10.1. The molecule has 3 aromatic heterocycles. The Bertz CT molecular complexity index is 1890. The van der Waals surface area contributed by atoms with Crippen molar-refractivity contribution < 1.29 is 85.6 Å². The minimum atomic E-state index is -0.757. The van der Waals surface area contributed by atoms with Crippen molar-refractivity contribution in [1.82, 2.24) is 10.2 Å². The molecule has 0 aromatic carbocycles. The Labute approximate surface area is 445 Å². The van der Waals surface area contributed by atoms with E-state index in [-0.39, 0.29) is 60.2 Å². The summed E-state index contributed by atoms with van der Waals surface area (Å²) in [4.78, 5) is 95.9. The third-order valence-electron chi connectivity index (χ3n) is 9.45. The molecule has 3 rings (SSSR count). The maximum absolute atomic E-state index is 11.1. The standard InChI is InChI=1S/C9H14O2.C8H17NO3.C8H10O3.C8H12O2.C7H10O2.C6H10O2.C5H8O3.C4H9NO/c1-2-3-5-8(10)9-6-4-7-11-9;1-5-7(10)9(2)6-8(11-3)12-4;1-2-8(9)11-6-7-4-3-5-10-7;1-4-8(10)5-6(2)7(3)9;1-2-6(8)7-4-3-5-9-7;1-3-5(7)6(8)4-2;1-3-4(6)5(7)8-2;1-3-4(6)5-2/h4,6-8,10H,2-3,5H2,1H3;8H,5-6H2,1-4H3;3-5H,2,6H2,1H3;5H,4H2,1-3H3;3-6,8H,2H2,1H3;3-4H2,1-2H3;3H2,1-2H3;3H2,1-2H3,(H,5,6)/b;;;6-5+;;;;. The lowest BCUT2D eigenvalue weighted by molar-refractivity contribution is -0.151. The monoisotopic (exact) mass is 1070 g/mol. The van der Waals surface area contributed by atoms with Crippen molar-refractivity contribution in [3.05, 3.63) is 84.1 Å². The highest BCUT2D eigenvalue weighted by molar-refractivity contribution is 6.37. The second kappa shape index (κ2) is 52.5. The van der Waals surface area contributed by atoms with Crippen molar-refractivity contribution in [1.29, 1.82) is 0 Å². The summed E-state index contributed by atoms with van der Waals surface area (Å²) in [5.74, 6) is 0.197. The van der Waals surface area contributed by atoms with E-state index in [0.717, 1.165) is 19.3 Å². The summed E-state index contributed by atoms with van der Waals surface area (Å²) in [7, 11) is 7.66. The number of methoxy groups -OCH3 is 3. The van der Waals surface area contributed by atoms with Gasteiger partial charge in [-0.25, -0.2) is 4.79 Å². The SMILES string of the molecule is CCC(=O)/C=C(\C)C(C)=O.CCC(=O)C(=O)CC.CCC(=O)C(=O)OC.CCC(=O)N(C)CC(OC)OC.CCC(=O)NC.CCC(=O)OCc1ccco1.CCC(O)c1ccco1.CCCCC(O)c1ccco1. The quantitative estimate of drug-likeness (QED) is 0.0345. The van der Waals surface area contributed by atoms with Crippen molar-refractivity contribution in [2.45, 2.75) is 172 Å². The van der Waals surface area contributed by atoms with Gasteiger partial charge in [0.05, 0.1) is 32.4 Å². The lowest BCUT2D eigenvalue weighted by Crippen LogP contribution is -2.35. The topological polar surface area (TPSA) is 286 Å². The smallest absolute Gasteiger partial charge is 0.374 e. The third-order valence-corrected chi connectivity index (χ3v) is 9.45. The van der Waals surface area contributed by atoms with Crippen LogP contribution in [0.15, 0.2) is 80.1 Å². The molecule has 0 aliphatic heterocycles. The van der Waals surface area contributed by atoms with Gasteiger partial charge < -0.3 is 52.6 Å². The molecule has 0 bridgehead atoms. The summed E-state index contributed by atoms with van der Waals surface area (Å²) >= 11 is 0. The molecule has 20 heteroatoms. The van der Waals surface area contributed by atoms with Crippen LogP contribution in [0.25, 0.3) is 0 Å². The Morgan fingerprint density at radius 2 is 1.15 bits per heavy atom. The number of hydrogen-bond acceptors (Lipinski definition) is 18. The number of allylic oxidation sites excluding steroid dienone is 2. The molecule has 0 saturated heterocycles. The molecule has 20 nitrogen and oxygen atoms in total. The first kappa shape index (κ1) is 77.5. The highest BCUT2D eigenvalue weighted by Crippen LogP contribution is 2.19. The molecule has 3 aromatic rings. The van der Waals surface area contributed by atoms with Gasteiger partial charge in [0.2, 0.25) is 17.6 Å². The van der Waals surface area contributed by atoms with E-state index in [1.165, 1.54) is 20.1 Å². The van der Waals surface area contributed by atoms with Crippen molar-refractivity contribution in [2.75, 3.05) is 42.0 Å². The van der Waals surface area contributed by atoms with Crippen LogP contribution in [-0.4, -0.2) is 116 Å². The number of rotatable bonds is 23. The minimum Gasteiger partial charge on any atom is -0.467 e. The minimum absolute atomic E-state index is 0.00713. The van der Waals surface area contributed by atoms with E-state index in [1.807, 2.05) is 20.8 Å². The van der Waals surface area contributed by atoms with Crippen LogP contribution in [0.1, 0.15) is 176 Å². The number of furan rings is 3. The predicted octanol–water partition coefficient (Wildman–Crippen LogP) is 9.16. The van der Waals surface area contributed by atoms with Crippen LogP contribution in [0, 0.1) is 0 Å². The number of aliphatic hydroxyl groups excluding tert-OH is 2. The zero-order valence-corrected chi connectivity index (χ0v) is 47.6. The number of unbranched alkanes of at least 4 members (excludes halogenated alkanes) is 1. The molecule has 0 radical (unpaired) electrons. The van der Waals surface area contributed by atoms with E-state index in [1.54, 1.807) is 130 Å². The van der Waals surface area contributed by atoms with Gasteiger partial charge in [-0.1, -0.05) is 75.2 Å². The van der Waals surface area contributed by atoms with Crippen LogP contribution in [0.4, 0.5) is 0 Å². The van der Waals surface area contributed by atoms with Crippen molar-refractivity contribution in [3.8, 4) is 0 Å². The molecule has 2 unspecified atom stereocenters. The van der Waals surface area contributed by atoms with Gasteiger partial charge in [0.1, 0.15) is 36.1 Å². The van der Waals surface area contributed by atoms with Crippen molar-refractivity contribution in [3.63, 3.8) is 0 Å². The molecule has 2 amide bonds. The molecular weight excluding hydrogens is 977 g/mol. The van der Waals surface area contributed by atoms with Gasteiger partial charge in [0.15, 0.2) is 29.4 Å². The predicted molar refractivity (Wildman–Crippen MR) is 284 cm³/mol. The van der Waals surface area contributed by atoms with E-state index in [0.29, 0.717) is 74.3 Å². The third kappa shape index (κ3) is 46.0. The molecule has 75 heavy (non-hydrogen) atoms. The highest BCUT2D eigenvalue weighted by atomic mass is 16.7. The summed E-state index contributed by atoms with van der Waals surface area (Å²) in [6.45, 7) is 20.0. The van der Waals surface area contributed by atoms with Crippen LogP contribution < -0.4 is 5.32 Å². The number of carbonyl (C=O) groups excluding carboxylic acids is 9.